The Balaban J connectivity index is 2.17. The molecule has 1 saturated heterocycles. The van der Waals surface area contributed by atoms with E-state index in [1.165, 1.54) is 0 Å². The number of hydrogen-bond donors (Lipinski definition) is 1. The molecular weight excluding hydrogens is 190 g/mol. The minimum Gasteiger partial charge on any atom is -0.375 e. The van der Waals surface area contributed by atoms with Crippen LogP contribution in [0.5, 0.6) is 0 Å². The third kappa shape index (κ3) is 2.18. The number of hydrogen-bond acceptors (Lipinski definition) is 2. The van der Waals surface area contributed by atoms with Crippen LogP contribution in [0.15, 0.2) is 30.3 Å². The fourth-order valence-corrected chi connectivity index (χ4v) is 1.95. The van der Waals surface area contributed by atoms with Gasteiger partial charge in [0.05, 0.1) is 18.6 Å². The first kappa shape index (κ1) is 10.2. The summed E-state index contributed by atoms with van der Waals surface area (Å²) in [6, 6.07) is 9.96. The standard InChI is InChI=1S/C12H15NO2/c1-2-15-10-8-11(14)13-12(10)9-6-4-3-5-7-9/h3-7,10,12H,2,8H2,1H3,(H,13,14)/t10-,12+/m1/s1. The lowest BCUT2D eigenvalue weighted by atomic mass is 10.0. The number of benzene rings is 1. The van der Waals surface area contributed by atoms with E-state index in [2.05, 4.69) is 5.32 Å². The summed E-state index contributed by atoms with van der Waals surface area (Å²) in [5.74, 6) is 0.0716. The van der Waals surface area contributed by atoms with Gasteiger partial charge in [-0.1, -0.05) is 30.3 Å². The smallest absolute Gasteiger partial charge is 0.223 e. The average molecular weight is 205 g/mol. The van der Waals surface area contributed by atoms with E-state index in [4.69, 9.17) is 4.74 Å². The van der Waals surface area contributed by atoms with Crippen LogP contribution in [-0.4, -0.2) is 18.6 Å². The van der Waals surface area contributed by atoms with Gasteiger partial charge in [-0.15, -0.1) is 0 Å². The summed E-state index contributed by atoms with van der Waals surface area (Å²) >= 11 is 0. The zero-order valence-electron chi connectivity index (χ0n) is 8.77. The molecule has 0 aliphatic carbocycles. The van der Waals surface area contributed by atoms with Crippen molar-refractivity contribution < 1.29 is 9.53 Å². The van der Waals surface area contributed by atoms with Crippen LogP contribution in [0.1, 0.15) is 24.9 Å². The highest BCUT2D eigenvalue weighted by molar-refractivity contribution is 5.79. The Morgan fingerprint density at radius 2 is 2.13 bits per heavy atom. The molecule has 1 N–H and O–H groups in total. The Morgan fingerprint density at radius 3 is 2.80 bits per heavy atom. The van der Waals surface area contributed by atoms with E-state index < -0.39 is 0 Å². The minimum atomic E-state index is -0.0232. The molecule has 15 heavy (non-hydrogen) atoms. The van der Waals surface area contributed by atoms with Crippen molar-refractivity contribution in [2.24, 2.45) is 0 Å². The number of rotatable bonds is 3. The summed E-state index contributed by atoms with van der Waals surface area (Å²) in [6.07, 6.45) is 0.442. The lowest BCUT2D eigenvalue weighted by Crippen LogP contribution is -2.24. The lowest BCUT2D eigenvalue weighted by molar-refractivity contribution is -0.119. The first-order valence-corrected chi connectivity index (χ1v) is 5.27. The molecule has 1 aliphatic rings. The molecule has 0 radical (unpaired) electrons. The third-order valence-electron chi connectivity index (χ3n) is 2.61. The van der Waals surface area contributed by atoms with Crippen LogP contribution in [0, 0.1) is 0 Å². The molecule has 0 aromatic heterocycles. The highest BCUT2D eigenvalue weighted by Crippen LogP contribution is 2.26. The Hall–Kier alpha value is -1.35. The van der Waals surface area contributed by atoms with Crippen molar-refractivity contribution >= 4 is 5.91 Å². The molecule has 1 heterocycles. The Morgan fingerprint density at radius 1 is 1.40 bits per heavy atom. The molecule has 3 heteroatoms. The maximum atomic E-state index is 11.3. The van der Waals surface area contributed by atoms with Crippen molar-refractivity contribution in [1.82, 2.24) is 5.32 Å². The van der Waals surface area contributed by atoms with Gasteiger partial charge in [-0.05, 0) is 12.5 Å². The first-order valence-electron chi connectivity index (χ1n) is 5.27. The van der Waals surface area contributed by atoms with Gasteiger partial charge in [0.2, 0.25) is 5.91 Å². The highest BCUT2D eigenvalue weighted by Gasteiger charge is 2.33. The largest absolute Gasteiger partial charge is 0.375 e. The van der Waals surface area contributed by atoms with E-state index in [0.29, 0.717) is 13.0 Å². The molecule has 3 nitrogen and oxygen atoms in total. The van der Waals surface area contributed by atoms with Crippen molar-refractivity contribution in [3.8, 4) is 0 Å². The summed E-state index contributed by atoms with van der Waals surface area (Å²) in [4.78, 5) is 11.3. The number of nitrogens with one attached hydrogen (secondary N) is 1. The Labute approximate surface area is 89.4 Å². The predicted molar refractivity (Wildman–Crippen MR) is 57.4 cm³/mol. The van der Waals surface area contributed by atoms with Crippen LogP contribution in [-0.2, 0) is 9.53 Å². The van der Waals surface area contributed by atoms with Gasteiger partial charge in [0.1, 0.15) is 0 Å². The third-order valence-corrected chi connectivity index (χ3v) is 2.61. The van der Waals surface area contributed by atoms with E-state index in [9.17, 15) is 4.79 Å². The second-order valence-electron chi connectivity index (χ2n) is 3.65. The van der Waals surface area contributed by atoms with E-state index in [1.54, 1.807) is 0 Å². The van der Waals surface area contributed by atoms with Crippen LogP contribution in [0.4, 0.5) is 0 Å². The van der Waals surface area contributed by atoms with Crippen LogP contribution in [0.3, 0.4) is 0 Å². The quantitative estimate of drug-likeness (QED) is 0.814. The molecule has 1 aliphatic heterocycles. The second-order valence-corrected chi connectivity index (χ2v) is 3.65. The summed E-state index contributed by atoms with van der Waals surface area (Å²) in [6.45, 7) is 2.59. The lowest BCUT2D eigenvalue weighted by Gasteiger charge is -2.18. The van der Waals surface area contributed by atoms with Gasteiger partial charge < -0.3 is 10.1 Å². The van der Waals surface area contributed by atoms with E-state index in [-0.39, 0.29) is 18.1 Å². The fourth-order valence-electron chi connectivity index (χ4n) is 1.95. The van der Waals surface area contributed by atoms with E-state index >= 15 is 0 Å². The molecule has 2 atom stereocenters. The summed E-state index contributed by atoms with van der Waals surface area (Å²) < 4.78 is 5.56. The maximum absolute atomic E-state index is 11.3. The topological polar surface area (TPSA) is 38.3 Å². The molecule has 0 saturated carbocycles. The molecule has 80 valence electrons. The van der Waals surface area contributed by atoms with Gasteiger partial charge >= 0.3 is 0 Å². The number of carbonyl (C=O) groups excluding carboxylic acids is 1. The predicted octanol–water partition coefficient (Wildman–Crippen LogP) is 1.65. The Kier molecular flexibility index (Phi) is 3.02. The normalized spacial score (nSPS) is 25.3. The SMILES string of the molecule is CCO[C@@H]1CC(=O)N[C@H]1c1ccccc1. The van der Waals surface area contributed by atoms with Gasteiger partial charge in [0, 0.05) is 6.61 Å². The summed E-state index contributed by atoms with van der Waals surface area (Å²) in [5.41, 5.74) is 1.11. The van der Waals surface area contributed by atoms with Gasteiger partial charge in [-0.2, -0.15) is 0 Å². The van der Waals surface area contributed by atoms with Crippen LogP contribution in [0.2, 0.25) is 0 Å². The highest BCUT2D eigenvalue weighted by atomic mass is 16.5. The van der Waals surface area contributed by atoms with E-state index in [0.717, 1.165) is 5.56 Å². The number of amides is 1. The monoisotopic (exact) mass is 205 g/mol. The fraction of sp³-hybridized carbons (Fsp3) is 0.417. The molecule has 1 amide bonds. The molecule has 1 aromatic rings. The molecule has 1 fully saturated rings. The van der Waals surface area contributed by atoms with Gasteiger partial charge in [-0.25, -0.2) is 0 Å². The molecule has 0 bridgehead atoms. The molecule has 0 spiro atoms. The molecular formula is C12H15NO2. The molecule has 1 aromatic carbocycles. The van der Waals surface area contributed by atoms with Gasteiger partial charge in [-0.3, -0.25) is 4.79 Å². The van der Waals surface area contributed by atoms with Crippen molar-refractivity contribution in [2.75, 3.05) is 6.61 Å². The van der Waals surface area contributed by atoms with Crippen LogP contribution < -0.4 is 5.32 Å². The maximum Gasteiger partial charge on any atom is 0.223 e. The Bertz CT molecular complexity index is 337. The second kappa shape index (κ2) is 4.45. The van der Waals surface area contributed by atoms with Crippen molar-refractivity contribution in [3.05, 3.63) is 35.9 Å². The first-order chi connectivity index (χ1) is 7.31. The van der Waals surface area contributed by atoms with Crippen molar-refractivity contribution in [2.45, 2.75) is 25.5 Å². The van der Waals surface area contributed by atoms with Crippen LogP contribution in [0.25, 0.3) is 0 Å². The zero-order chi connectivity index (χ0) is 10.7. The van der Waals surface area contributed by atoms with E-state index in [1.807, 2.05) is 37.3 Å². The average Bonchev–Trinajstić information content (AvgIpc) is 2.62. The van der Waals surface area contributed by atoms with Crippen molar-refractivity contribution in [1.29, 1.82) is 0 Å². The molecule has 2 rings (SSSR count). The molecule has 0 unspecified atom stereocenters. The van der Waals surface area contributed by atoms with Crippen molar-refractivity contribution in [3.63, 3.8) is 0 Å². The van der Waals surface area contributed by atoms with Crippen LogP contribution >= 0.6 is 0 Å². The number of carbonyl (C=O) groups is 1. The summed E-state index contributed by atoms with van der Waals surface area (Å²) in [5, 5.41) is 2.94. The zero-order valence-corrected chi connectivity index (χ0v) is 8.77. The summed E-state index contributed by atoms with van der Waals surface area (Å²) in [7, 11) is 0. The van der Waals surface area contributed by atoms with Gasteiger partial charge in [0.25, 0.3) is 0 Å². The van der Waals surface area contributed by atoms with Gasteiger partial charge in [0.15, 0.2) is 0 Å². The minimum absolute atomic E-state index is 0.0126. The number of ether oxygens (including phenoxy) is 1.